The highest BCUT2D eigenvalue weighted by Crippen LogP contribution is 2.32. The van der Waals surface area contributed by atoms with Crippen LogP contribution in [0.5, 0.6) is 11.5 Å². The molecular formula is C17H15NO4S. The van der Waals surface area contributed by atoms with Gasteiger partial charge in [-0.25, -0.2) is 0 Å². The quantitative estimate of drug-likeness (QED) is 0.806. The zero-order valence-corrected chi connectivity index (χ0v) is 13.4. The summed E-state index contributed by atoms with van der Waals surface area (Å²) in [5.74, 6) is 0.265. The van der Waals surface area contributed by atoms with Crippen LogP contribution in [-0.2, 0) is 23.0 Å². The van der Waals surface area contributed by atoms with Gasteiger partial charge in [0.1, 0.15) is 4.90 Å². The van der Waals surface area contributed by atoms with Crippen LogP contribution in [0.4, 0.5) is 0 Å². The zero-order chi connectivity index (χ0) is 16.4. The monoisotopic (exact) mass is 329 g/mol. The Morgan fingerprint density at radius 2 is 1.83 bits per heavy atom. The average molecular weight is 329 g/mol. The van der Waals surface area contributed by atoms with Gasteiger partial charge in [-0.05, 0) is 54.7 Å². The minimum absolute atomic E-state index is 0.0620. The van der Waals surface area contributed by atoms with Gasteiger partial charge in [0.2, 0.25) is 0 Å². The number of methoxy groups -OCH3 is 1. The summed E-state index contributed by atoms with van der Waals surface area (Å²) in [5, 5.41) is 8.88. The fraction of sp³-hybridized carbons (Fsp3) is 0.235. The summed E-state index contributed by atoms with van der Waals surface area (Å²) in [4.78, 5) is 0.129. The molecule has 0 aliphatic heterocycles. The van der Waals surface area contributed by atoms with Crippen LogP contribution >= 0.6 is 0 Å². The Morgan fingerprint density at radius 1 is 1.04 bits per heavy atom. The van der Waals surface area contributed by atoms with E-state index in [4.69, 9.17) is 14.2 Å². The second kappa shape index (κ2) is 5.94. The molecule has 5 nitrogen and oxygen atoms in total. The second-order valence-corrected chi connectivity index (χ2v) is 6.85. The van der Waals surface area contributed by atoms with E-state index in [0.717, 1.165) is 24.8 Å². The Labute approximate surface area is 135 Å². The SMILES string of the molecule is COc1cc(C#N)ccc1OS(=O)(=O)c1ccc2c(c1)CCC2. The maximum atomic E-state index is 12.5. The van der Waals surface area contributed by atoms with Crippen molar-refractivity contribution in [3.05, 3.63) is 53.1 Å². The van der Waals surface area contributed by atoms with Crippen molar-refractivity contribution in [1.82, 2.24) is 0 Å². The number of nitrogens with zero attached hydrogens (tertiary/aromatic N) is 1. The molecule has 0 amide bonds. The highest BCUT2D eigenvalue weighted by atomic mass is 32.2. The van der Waals surface area contributed by atoms with E-state index in [1.54, 1.807) is 12.1 Å². The van der Waals surface area contributed by atoms with E-state index in [0.29, 0.717) is 5.56 Å². The van der Waals surface area contributed by atoms with E-state index in [1.807, 2.05) is 12.1 Å². The van der Waals surface area contributed by atoms with Gasteiger partial charge >= 0.3 is 10.1 Å². The number of hydrogen-bond donors (Lipinski definition) is 0. The van der Waals surface area contributed by atoms with Crippen LogP contribution in [0, 0.1) is 11.3 Å². The van der Waals surface area contributed by atoms with Gasteiger partial charge in [0.25, 0.3) is 0 Å². The predicted octanol–water partition coefficient (Wildman–Crippen LogP) is 2.82. The van der Waals surface area contributed by atoms with Gasteiger partial charge in [0.15, 0.2) is 11.5 Å². The third kappa shape index (κ3) is 3.01. The number of fused-ring (bicyclic) bond motifs is 1. The van der Waals surface area contributed by atoms with Gasteiger partial charge in [-0.2, -0.15) is 13.7 Å². The molecule has 6 heteroatoms. The van der Waals surface area contributed by atoms with Crippen molar-refractivity contribution in [3.63, 3.8) is 0 Å². The lowest BCUT2D eigenvalue weighted by Gasteiger charge is -2.11. The molecule has 0 N–H and O–H groups in total. The molecule has 0 unspecified atom stereocenters. The largest absolute Gasteiger partial charge is 0.493 e. The molecule has 0 spiro atoms. The molecule has 118 valence electrons. The van der Waals surface area contributed by atoms with Crippen LogP contribution in [0.1, 0.15) is 23.1 Å². The molecule has 0 atom stereocenters. The van der Waals surface area contributed by atoms with E-state index in [2.05, 4.69) is 0 Å². The predicted molar refractivity (Wildman–Crippen MR) is 84.0 cm³/mol. The highest BCUT2D eigenvalue weighted by Gasteiger charge is 2.22. The molecular weight excluding hydrogens is 314 g/mol. The lowest BCUT2D eigenvalue weighted by atomic mass is 10.1. The highest BCUT2D eigenvalue weighted by molar-refractivity contribution is 7.87. The number of nitriles is 1. The van der Waals surface area contributed by atoms with Crippen molar-refractivity contribution >= 4 is 10.1 Å². The van der Waals surface area contributed by atoms with Crippen molar-refractivity contribution in [3.8, 4) is 17.6 Å². The molecule has 0 fully saturated rings. The van der Waals surface area contributed by atoms with E-state index < -0.39 is 10.1 Å². The molecule has 0 saturated carbocycles. The van der Waals surface area contributed by atoms with Crippen molar-refractivity contribution in [2.24, 2.45) is 0 Å². The Kier molecular flexibility index (Phi) is 3.97. The summed E-state index contributed by atoms with van der Waals surface area (Å²) < 4.78 is 35.3. The Morgan fingerprint density at radius 3 is 2.57 bits per heavy atom. The summed E-state index contributed by atoms with van der Waals surface area (Å²) in [5.41, 5.74) is 2.62. The van der Waals surface area contributed by atoms with Crippen LogP contribution in [0.25, 0.3) is 0 Å². The van der Waals surface area contributed by atoms with Crippen LogP contribution in [0.2, 0.25) is 0 Å². The fourth-order valence-corrected chi connectivity index (χ4v) is 3.67. The molecule has 1 aliphatic carbocycles. The topological polar surface area (TPSA) is 76.4 Å². The fourth-order valence-electron chi connectivity index (χ4n) is 2.68. The first kappa shape index (κ1) is 15.4. The Hall–Kier alpha value is -2.52. The molecule has 2 aromatic carbocycles. The minimum atomic E-state index is -3.95. The van der Waals surface area contributed by atoms with Gasteiger partial charge < -0.3 is 8.92 Å². The van der Waals surface area contributed by atoms with Crippen LogP contribution in [0.15, 0.2) is 41.3 Å². The molecule has 1 aliphatic rings. The van der Waals surface area contributed by atoms with E-state index in [1.165, 1.54) is 30.9 Å². The van der Waals surface area contributed by atoms with Gasteiger partial charge in [0, 0.05) is 6.07 Å². The standard InChI is InChI=1S/C17H15NO4S/c1-21-17-9-12(11-18)5-8-16(17)22-23(19,20)15-7-6-13-3-2-4-14(13)10-15/h5-10H,2-4H2,1H3. The first-order valence-corrected chi connectivity index (χ1v) is 8.59. The normalized spacial score (nSPS) is 13.2. The van der Waals surface area contributed by atoms with Gasteiger partial charge in [-0.1, -0.05) is 6.07 Å². The summed E-state index contributed by atoms with van der Waals surface area (Å²) >= 11 is 0. The van der Waals surface area contributed by atoms with Crippen molar-refractivity contribution in [1.29, 1.82) is 5.26 Å². The molecule has 0 bridgehead atoms. The van der Waals surface area contributed by atoms with E-state index >= 15 is 0 Å². The molecule has 3 rings (SSSR count). The lowest BCUT2D eigenvalue weighted by molar-refractivity contribution is 0.390. The van der Waals surface area contributed by atoms with E-state index in [-0.39, 0.29) is 16.4 Å². The molecule has 0 aromatic heterocycles. The number of aryl methyl sites for hydroxylation is 2. The maximum absolute atomic E-state index is 12.5. The summed E-state index contributed by atoms with van der Waals surface area (Å²) in [7, 11) is -2.56. The molecule has 23 heavy (non-hydrogen) atoms. The van der Waals surface area contributed by atoms with E-state index in [9.17, 15) is 8.42 Å². The van der Waals surface area contributed by atoms with Crippen molar-refractivity contribution < 1.29 is 17.3 Å². The van der Waals surface area contributed by atoms with Gasteiger partial charge in [-0.15, -0.1) is 0 Å². The third-order valence-electron chi connectivity index (χ3n) is 3.85. The summed E-state index contributed by atoms with van der Waals surface area (Å²) in [6, 6.07) is 11.4. The Balaban J connectivity index is 1.94. The first-order chi connectivity index (χ1) is 11.0. The molecule has 0 radical (unpaired) electrons. The number of benzene rings is 2. The smallest absolute Gasteiger partial charge is 0.339 e. The zero-order valence-electron chi connectivity index (χ0n) is 12.6. The number of ether oxygens (including phenoxy) is 1. The molecule has 0 saturated heterocycles. The van der Waals surface area contributed by atoms with Crippen molar-refractivity contribution in [2.45, 2.75) is 24.2 Å². The Bertz CT molecular complexity index is 897. The van der Waals surface area contributed by atoms with Crippen LogP contribution in [0.3, 0.4) is 0 Å². The molecule has 2 aromatic rings. The molecule has 0 heterocycles. The lowest BCUT2D eigenvalue weighted by Crippen LogP contribution is -2.11. The second-order valence-electron chi connectivity index (χ2n) is 5.30. The number of hydrogen-bond acceptors (Lipinski definition) is 5. The third-order valence-corrected chi connectivity index (χ3v) is 5.08. The van der Waals surface area contributed by atoms with Crippen LogP contribution < -0.4 is 8.92 Å². The van der Waals surface area contributed by atoms with Crippen LogP contribution in [-0.4, -0.2) is 15.5 Å². The van der Waals surface area contributed by atoms with Gasteiger partial charge in [-0.3, -0.25) is 0 Å². The van der Waals surface area contributed by atoms with Crippen molar-refractivity contribution in [2.75, 3.05) is 7.11 Å². The minimum Gasteiger partial charge on any atom is -0.493 e. The van der Waals surface area contributed by atoms with Gasteiger partial charge in [0.05, 0.1) is 18.7 Å². The summed E-state index contributed by atoms with van der Waals surface area (Å²) in [6.07, 6.45) is 2.92. The maximum Gasteiger partial charge on any atom is 0.339 e. The average Bonchev–Trinajstić information content (AvgIpc) is 3.02. The first-order valence-electron chi connectivity index (χ1n) is 7.18. The summed E-state index contributed by atoms with van der Waals surface area (Å²) in [6.45, 7) is 0. The number of rotatable bonds is 4.